The topological polar surface area (TPSA) is 207 Å². The SMILES string of the molecule is O=C(O)CC(NC(=O)CCOCCOCCOCCOCCNC(=O)CCN1C(=O)C=CC1=O)C(=O)O. The smallest absolute Gasteiger partial charge is 0.326 e. The maximum atomic E-state index is 11.7. The lowest BCUT2D eigenvalue weighted by Gasteiger charge is -2.13. The fraction of sp³-hybridized carbons (Fsp3) is 0.636. The highest BCUT2D eigenvalue weighted by Gasteiger charge is 2.24. The number of carbonyl (C=O) groups is 6. The Balaban J connectivity index is 1.85. The minimum absolute atomic E-state index is 0.0183. The van der Waals surface area contributed by atoms with Crippen molar-refractivity contribution in [2.75, 3.05) is 65.9 Å². The largest absolute Gasteiger partial charge is 0.481 e. The molecule has 15 heteroatoms. The standard InChI is InChI=1S/C22H33N3O12/c26-17(3-6-25-19(28)1-2-20(25)29)23-5-8-35-10-12-37-14-13-36-11-9-34-7-4-18(27)24-16(22(32)33)15-21(30)31/h1-2,16H,3-15H2,(H,23,26)(H,24,27)(H,30,31)(H,32,33). The highest BCUT2D eigenvalue weighted by atomic mass is 16.6. The molecule has 1 heterocycles. The summed E-state index contributed by atoms with van der Waals surface area (Å²) in [5.74, 6) is -4.52. The average molecular weight is 532 g/mol. The van der Waals surface area contributed by atoms with Crippen LogP contribution in [0.15, 0.2) is 12.2 Å². The van der Waals surface area contributed by atoms with Crippen LogP contribution >= 0.6 is 0 Å². The summed E-state index contributed by atoms with van der Waals surface area (Å²) in [6.45, 7) is 2.37. The number of hydrogen-bond acceptors (Lipinski definition) is 10. The Kier molecular flexibility index (Phi) is 16.1. The van der Waals surface area contributed by atoms with Gasteiger partial charge in [0.15, 0.2) is 0 Å². The van der Waals surface area contributed by atoms with Gasteiger partial charge in [-0.15, -0.1) is 0 Å². The number of aliphatic carboxylic acids is 2. The number of nitrogens with one attached hydrogen (secondary N) is 2. The van der Waals surface area contributed by atoms with Gasteiger partial charge >= 0.3 is 11.9 Å². The first kappa shape index (κ1) is 31.6. The maximum absolute atomic E-state index is 11.7. The Morgan fingerprint density at radius 2 is 1.27 bits per heavy atom. The van der Waals surface area contributed by atoms with E-state index in [1.54, 1.807) is 0 Å². The Hall–Kier alpha value is -3.40. The van der Waals surface area contributed by atoms with Crippen molar-refractivity contribution in [3.05, 3.63) is 12.2 Å². The van der Waals surface area contributed by atoms with E-state index in [1.165, 1.54) is 12.2 Å². The van der Waals surface area contributed by atoms with Crippen LogP contribution in [0.4, 0.5) is 0 Å². The van der Waals surface area contributed by atoms with E-state index in [4.69, 9.17) is 29.2 Å². The number of hydrogen-bond donors (Lipinski definition) is 4. The molecular weight excluding hydrogens is 498 g/mol. The van der Waals surface area contributed by atoms with Gasteiger partial charge in [0.2, 0.25) is 11.8 Å². The normalized spacial score (nSPS) is 13.6. The van der Waals surface area contributed by atoms with Crippen molar-refractivity contribution >= 4 is 35.6 Å². The van der Waals surface area contributed by atoms with Crippen LogP contribution in [0.2, 0.25) is 0 Å². The monoisotopic (exact) mass is 531 g/mol. The molecule has 0 bridgehead atoms. The minimum Gasteiger partial charge on any atom is -0.481 e. The van der Waals surface area contributed by atoms with Gasteiger partial charge < -0.3 is 39.8 Å². The minimum atomic E-state index is -1.49. The summed E-state index contributed by atoms with van der Waals surface area (Å²) >= 11 is 0. The molecule has 1 aliphatic heterocycles. The molecule has 1 aliphatic rings. The molecule has 0 aromatic rings. The Labute approximate surface area is 213 Å². The molecule has 0 fully saturated rings. The molecule has 0 saturated carbocycles. The number of imide groups is 1. The van der Waals surface area contributed by atoms with Gasteiger partial charge in [-0.05, 0) is 0 Å². The van der Waals surface area contributed by atoms with Crippen LogP contribution in [0.1, 0.15) is 19.3 Å². The zero-order chi connectivity index (χ0) is 27.5. The van der Waals surface area contributed by atoms with Gasteiger partial charge in [-0.2, -0.15) is 0 Å². The molecule has 15 nitrogen and oxygen atoms in total. The summed E-state index contributed by atoms with van der Waals surface area (Å²) in [5, 5.41) is 22.2. The molecule has 0 radical (unpaired) electrons. The van der Waals surface area contributed by atoms with Crippen molar-refractivity contribution in [1.29, 1.82) is 0 Å². The Morgan fingerprint density at radius 3 is 1.78 bits per heavy atom. The third kappa shape index (κ3) is 15.3. The van der Waals surface area contributed by atoms with Crippen molar-refractivity contribution in [2.24, 2.45) is 0 Å². The van der Waals surface area contributed by atoms with Crippen molar-refractivity contribution in [3.8, 4) is 0 Å². The summed E-state index contributed by atoms with van der Waals surface area (Å²) in [7, 11) is 0. The number of carboxylic acids is 2. The molecule has 0 aliphatic carbocycles. The number of ether oxygens (including phenoxy) is 4. The zero-order valence-corrected chi connectivity index (χ0v) is 20.3. The lowest BCUT2D eigenvalue weighted by molar-refractivity contribution is -0.147. The van der Waals surface area contributed by atoms with E-state index in [2.05, 4.69) is 10.6 Å². The van der Waals surface area contributed by atoms with Crippen LogP contribution in [0.3, 0.4) is 0 Å². The molecular formula is C22H33N3O12. The highest BCUT2D eigenvalue weighted by molar-refractivity contribution is 6.13. The van der Waals surface area contributed by atoms with Crippen LogP contribution in [0, 0.1) is 0 Å². The number of carbonyl (C=O) groups excluding carboxylic acids is 4. The summed E-state index contributed by atoms with van der Waals surface area (Å²) in [6.07, 6.45) is 1.52. The van der Waals surface area contributed by atoms with Gasteiger partial charge in [-0.25, -0.2) is 4.79 Å². The van der Waals surface area contributed by atoms with E-state index in [-0.39, 0.29) is 58.3 Å². The summed E-state index contributed by atoms with van der Waals surface area (Å²) in [6, 6.07) is -1.49. The number of amides is 4. The van der Waals surface area contributed by atoms with Crippen molar-refractivity contribution in [2.45, 2.75) is 25.3 Å². The molecule has 1 unspecified atom stereocenters. The van der Waals surface area contributed by atoms with Crippen molar-refractivity contribution in [1.82, 2.24) is 15.5 Å². The summed E-state index contributed by atoms with van der Waals surface area (Å²) < 4.78 is 21.1. The number of carboxylic acid groups (broad SMARTS) is 2. The van der Waals surface area contributed by atoms with E-state index < -0.39 is 42.1 Å². The number of nitrogens with zero attached hydrogens (tertiary/aromatic N) is 1. The van der Waals surface area contributed by atoms with Crippen LogP contribution in [0.25, 0.3) is 0 Å². The third-order valence-electron chi connectivity index (χ3n) is 4.63. The molecule has 1 rings (SSSR count). The molecule has 0 spiro atoms. The van der Waals surface area contributed by atoms with Crippen LogP contribution in [-0.4, -0.2) is 123 Å². The van der Waals surface area contributed by atoms with E-state index in [1.807, 2.05) is 0 Å². The Bertz CT molecular complexity index is 799. The lowest BCUT2D eigenvalue weighted by Crippen LogP contribution is -2.42. The third-order valence-corrected chi connectivity index (χ3v) is 4.63. The predicted octanol–water partition coefficient (Wildman–Crippen LogP) is -2.08. The first-order chi connectivity index (χ1) is 17.7. The van der Waals surface area contributed by atoms with Gasteiger partial charge in [0.05, 0.1) is 59.3 Å². The quantitative estimate of drug-likeness (QED) is 0.0877. The van der Waals surface area contributed by atoms with Gasteiger partial charge in [0.1, 0.15) is 6.04 Å². The van der Waals surface area contributed by atoms with Gasteiger partial charge in [-0.1, -0.05) is 0 Å². The average Bonchev–Trinajstić information content (AvgIpc) is 3.16. The van der Waals surface area contributed by atoms with Crippen molar-refractivity contribution < 1.29 is 57.9 Å². The van der Waals surface area contributed by atoms with Crippen LogP contribution in [-0.2, 0) is 47.7 Å². The summed E-state index contributed by atoms with van der Waals surface area (Å²) in [4.78, 5) is 68.6. The molecule has 37 heavy (non-hydrogen) atoms. The van der Waals surface area contributed by atoms with E-state index in [0.717, 1.165) is 4.90 Å². The van der Waals surface area contributed by atoms with E-state index in [9.17, 15) is 28.8 Å². The molecule has 1 atom stereocenters. The second-order valence-corrected chi connectivity index (χ2v) is 7.52. The van der Waals surface area contributed by atoms with Gasteiger partial charge in [0.25, 0.3) is 11.8 Å². The predicted molar refractivity (Wildman–Crippen MR) is 123 cm³/mol. The second kappa shape index (κ2) is 18.8. The lowest BCUT2D eigenvalue weighted by atomic mass is 10.2. The molecule has 0 aromatic carbocycles. The Morgan fingerprint density at radius 1 is 0.757 bits per heavy atom. The fourth-order valence-corrected chi connectivity index (χ4v) is 2.78. The summed E-state index contributed by atoms with van der Waals surface area (Å²) in [5.41, 5.74) is 0. The first-order valence-electron chi connectivity index (χ1n) is 11.6. The molecule has 0 saturated heterocycles. The second-order valence-electron chi connectivity index (χ2n) is 7.52. The fourth-order valence-electron chi connectivity index (χ4n) is 2.78. The van der Waals surface area contributed by atoms with Crippen molar-refractivity contribution in [3.63, 3.8) is 0 Å². The van der Waals surface area contributed by atoms with E-state index >= 15 is 0 Å². The van der Waals surface area contributed by atoms with Gasteiger partial charge in [-0.3, -0.25) is 28.9 Å². The molecule has 4 amide bonds. The van der Waals surface area contributed by atoms with Crippen LogP contribution < -0.4 is 10.6 Å². The first-order valence-corrected chi connectivity index (χ1v) is 11.6. The number of rotatable bonds is 22. The molecule has 4 N–H and O–H groups in total. The highest BCUT2D eigenvalue weighted by Crippen LogP contribution is 2.03. The molecule has 0 aromatic heterocycles. The van der Waals surface area contributed by atoms with Gasteiger partial charge in [0, 0.05) is 38.1 Å². The van der Waals surface area contributed by atoms with Crippen LogP contribution in [0.5, 0.6) is 0 Å². The molecule has 208 valence electrons. The maximum Gasteiger partial charge on any atom is 0.326 e. The van der Waals surface area contributed by atoms with E-state index in [0.29, 0.717) is 26.4 Å². The zero-order valence-electron chi connectivity index (χ0n) is 20.3.